The Morgan fingerprint density at radius 1 is 0.833 bits per heavy atom. The first kappa shape index (κ1) is 18.6. The lowest BCUT2D eigenvalue weighted by atomic mass is 9.98. The summed E-state index contributed by atoms with van der Waals surface area (Å²) in [4.78, 5) is 8.74. The highest BCUT2D eigenvalue weighted by atomic mass is 19.1. The second-order valence-corrected chi connectivity index (χ2v) is 7.67. The third kappa shape index (κ3) is 3.50. The largest absolute Gasteiger partial charge is 0.353 e. The van der Waals surface area contributed by atoms with Crippen LogP contribution in [0.15, 0.2) is 67.0 Å². The molecule has 1 aliphatic rings. The number of rotatable bonds is 3. The predicted octanol–water partition coefficient (Wildman–Crippen LogP) is 4.25. The number of benzene rings is 2. The van der Waals surface area contributed by atoms with Gasteiger partial charge in [-0.3, -0.25) is 4.98 Å². The number of hydrogen-bond donors (Lipinski definition) is 0. The van der Waals surface area contributed by atoms with Gasteiger partial charge in [0.25, 0.3) is 0 Å². The van der Waals surface area contributed by atoms with E-state index in [1.165, 1.54) is 6.07 Å². The first-order valence-corrected chi connectivity index (χ1v) is 10.1. The van der Waals surface area contributed by atoms with Crippen LogP contribution in [0.1, 0.15) is 0 Å². The Kier molecular flexibility index (Phi) is 4.85. The predicted molar refractivity (Wildman–Crippen MR) is 118 cm³/mol. The number of fused-ring (bicyclic) bond motifs is 1. The van der Waals surface area contributed by atoms with Crippen LogP contribution in [0.2, 0.25) is 0 Å². The lowest BCUT2D eigenvalue weighted by Crippen LogP contribution is -2.44. The molecule has 1 aliphatic heterocycles. The number of pyridine rings is 1. The van der Waals surface area contributed by atoms with Crippen molar-refractivity contribution in [1.82, 2.24) is 20.1 Å². The minimum Gasteiger partial charge on any atom is -0.353 e. The van der Waals surface area contributed by atoms with Crippen LogP contribution in [-0.4, -0.2) is 53.3 Å². The SMILES string of the molecule is CN1CCN(c2cc(-c3ccncc3)c(-c3ccc4c(F)cccc4c3)nn2)CC1. The van der Waals surface area contributed by atoms with Gasteiger partial charge in [-0.05, 0) is 48.3 Å². The molecule has 0 radical (unpaired) electrons. The van der Waals surface area contributed by atoms with Crippen LogP contribution in [0.5, 0.6) is 0 Å². The van der Waals surface area contributed by atoms with Crippen molar-refractivity contribution >= 4 is 16.6 Å². The molecule has 2 aromatic heterocycles. The van der Waals surface area contributed by atoms with E-state index in [-0.39, 0.29) is 5.82 Å². The van der Waals surface area contributed by atoms with Gasteiger partial charge in [-0.2, -0.15) is 0 Å². The number of anilines is 1. The molecule has 2 aromatic carbocycles. The van der Waals surface area contributed by atoms with E-state index in [0.717, 1.165) is 59.8 Å². The summed E-state index contributed by atoms with van der Waals surface area (Å²) in [5.74, 6) is 0.662. The van der Waals surface area contributed by atoms with Gasteiger partial charge in [0, 0.05) is 55.1 Å². The standard InChI is InChI=1S/C24H22FN5/c1-29-11-13-30(14-12-29)23-16-21(17-7-9-26-10-8-17)24(28-27-23)19-5-6-20-18(15-19)3-2-4-22(20)25/h2-10,15-16H,11-14H2,1H3. The van der Waals surface area contributed by atoms with Crippen molar-refractivity contribution < 1.29 is 4.39 Å². The zero-order valence-corrected chi connectivity index (χ0v) is 16.8. The number of piperazine rings is 1. The summed E-state index contributed by atoms with van der Waals surface area (Å²) in [5.41, 5.74) is 3.73. The van der Waals surface area contributed by atoms with Crippen molar-refractivity contribution in [1.29, 1.82) is 0 Å². The normalized spacial score (nSPS) is 14.9. The molecule has 6 heteroatoms. The molecule has 0 aliphatic carbocycles. The molecule has 0 spiro atoms. The van der Waals surface area contributed by atoms with Crippen molar-refractivity contribution in [3.8, 4) is 22.4 Å². The van der Waals surface area contributed by atoms with Crippen LogP contribution in [0.25, 0.3) is 33.2 Å². The van der Waals surface area contributed by atoms with Crippen LogP contribution < -0.4 is 4.90 Å². The molecule has 3 heterocycles. The fourth-order valence-electron chi connectivity index (χ4n) is 3.93. The summed E-state index contributed by atoms with van der Waals surface area (Å²) >= 11 is 0. The van der Waals surface area contributed by atoms with E-state index in [1.54, 1.807) is 18.5 Å². The molecule has 0 N–H and O–H groups in total. The Morgan fingerprint density at radius 2 is 1.63 bits per heavy atom. The maximum absolute atomic E-state index is 14.1. The minimum atomic E-state index is -0.218. The number of hydrogen-bond acceptors (Lipinski definition) is 5. The fraction of sp³-hybridized carbons (Fsp3) is 0.208. The summed E-state index contributed by atoms with van der Waals surface area (Å²) in [6.45, 7) is 3.86. The topological polar surface area (TPSA) is 45.2 Å². The van der Waals surface area contributed by atoms with Crippen molar-refractivity contribution in [2.75, 3.05) is 38.1 Å². The Hall–Kier alpha value is -3.38. The lowest BCUT2D eigenvalue weighted by Gasteiger charge is -2.33. The van der Waals surface area contributed by atoms with Crippen LogP contribution in [0.4, 0.5) is 10.2 Å². The monoisotopic (exact) mass is 399 g/mol. The van der Waals surface area contributed by atoms with E-state index < -0.39 is 0 Å². The molecule has 0 saturated carbocycles. The van der Waals surface area contributed by atoms with Gasteiger partial charge >= 0.3 is 0 Å². The minimum absolute atomic E-state index is 0.218. The molecule has 0 atom stereocenters. The molecule has 0 bridgehead atoms. The van der Waals surface area contributed by atoms with Crippen molar-refractivity contribution in [2.45, 2.75) is 0 Å². The molecule has 1 saturated heterocycles. The van der Waals surface area contributed by atoms with E-state index in [0.29, 0.717) is 5.39 Å². The maximum atomic E-state index is 14.1. The van der Waals surface area contributed by atoms with Gasteiger partial charge in [-0.15, -0.1) is 10.2 Å². The average Bonchev–Trinajstić information content (AvgIpc) is 2.80. The Bertz CT molecular complexity index is 1190. The maximum Gasteiger partial charge on any atom is 0.151 e. The number of likely N-dealkylation sites (N-methyl/N-ethyl adjacent to an activating group) is 1. The third-order valence-corrected chi connectivity index (χ3v) is 5.70. The summed E-state index contributed by atoms with van der Waals surface area (Å²) < 4.78 is 14.1. The van der Waals surface area contributed by atoms with Crippen LogP contribution in [0.3, 0.4) is 0 Å². The summed E-state index contributed by atoms with van der Waals surface area (Å²) in [7, 11) is 2.14. The smallest absolute Gasteiger partial charge is 0.151 e. The molecular formula is C24H22FN5. The first-order valence-electron chi connectivity index (χ1n) is 10.1. The number of halogens is 1. The van der Waals surface area contributed by atoms with E-state index >= 15 is 0 Å². The molecule has 1 fully saturated rings. The first-order chi connectivity index (χ1) is 14.7. The molecule has 150 valence electrons. The summed E-state index contributed by atoms with van der Waals surface area (Å²) in [5, 5.41) is 10.6. The van der Waals surface area contributed by atoms with Crippen LogP contribution >= 0.6 is 0 Å². The quantitative estimate of drug-likeness (QED) is 0.515. The molecule has 0 amide bonds. The van der Waals surface area contributed by atoms with Gasteiger partial charge < -0.3 is 9.80 Å². The van der Waals surface area contributed by atoms with Gasteiger partial charge in [0.15, 0.2) is 5.82 Å². The van der Waals surface area contributed by atoms with Crippen LogP contribution in [0, 0.1) is 5.82 Å². The van der Waals surface area contributed by atoms with E-state index in [1.807, 2.05) is 36.4 Å². The van der Waals surface area contributed by atoms with Gasteiger partial charge in [0.2, 0.25) is 0 Å². The molecular weight excluding hydrogens is 377 g/mol. The molecule has 5 nitrogen and oxygen atoms in total. The zero-order chi connectivity index (χ0) is 20.5. The highest BCUT2D eigenvalue weighted by Crippen LogP contribution is 2.34. The average molecular weight is 399 g/mol. The molecule has 30 heavy (non-hydrogen) atoms. The highest BCUT2D eigenvalue weighted by molar-refractivity contribution is 5.90. The van der Waals surface area contributed by atoms with Crippen molar-refractivity contribution in [2.24, 2.45) is 0 Å². The highest BCUT2D eigenvalue weighted by Gasteiger charge is 2.19. The number of aromatic nitrogens is 3. The second kappa shape index (κ2) is 7.80. The Morgan fingerprint density at radius 3 is 2.43 bits per heavy atom. The van der Waals surface area contributed by atoms with E-state index in [4.69, 9.17) is 0 Å². The number of nitrogens with zero attached hydrogens (tertiary/aromatic N) is 5. The van der Waals surface area contributed by atoms with Crippen LogP contribution in [-0.2, 0) is 0 Å². The molecule has 4 aromatic rings. The third-order valence-electron chi connectivity index (χ3n) is 5.70. The van der Waals surface area contributed by atoms with Crippen molar-refractivity contribution in [3.63, 3.8) is 0 Å². The Balaban J connectivity index is 1.62. The van der Waals surface area contributed by atoms with E-state index in [9.17, 15) is 4.39 Å². The van der Waals surface area contributed by atoms with E-state index in [2.05, 4.69) is 38.1 Å². The van der Waals surface area contributed by atoms with Gasteiger partial charge in [0.05, 0.1) is 0 Å². The lowest BCUT2D eigenvalue weighted by molar-refractivity contribution is 0.312. The van der Waals surface area contributed by atoms with Gasteiger partial charge in [-0.1, -0.05) is 24.3 Å². The molecule has 0 unspecified atom stereocenters. The van der Waals surface area contributed by atoms with Gasteiger partial charge in [-0.25, -0.2) is 4.39 Å². The summed E-state index contributed by atoms with van der Waals surface area (Å²) in [6, 6.07) is 16.9. The van der Waals surface area contributed by atoms with Crippen molar-refractivity contribution in [3.05, 3.63) is 72.8 Å². The fourth-order valence-corrected chi connectivity index (χ4v) is 3.93. The zero-order valence-electron chi connectivity index (χ0n) is 16.8. The summed E-state index contributed by atoms with van der Waals surface area (Å²) in [6.07, 6.45) is 3.57. The second-order valence-electron chi connectivity index (χ2n) is 7.67. The Labute approximate surface area is 174 Å². The van der Waals surface area contributed by atoms with Gasteiger partial charge in [0.1, 0.15) is 11.5 Å². The molecule has 5 rings (SSSR count).